The van der Waals surface area contributed by atoms with E-state index in [2.05, 4.69) is 28.1 Å². The second-order valence-corrected chi connectivity index (χ2v) is 6.79. The molecule has 1 amide bonds. The standard InChI is InChI=1S/C20H23N3O2/c24-20-8-10-25-19-15-22(12-17-7-4-9-21-11-17)14-18(19)23(20)13-16-5-2-1-3-6-16/h1-7,9,11,18-19H,8,10,12-15H2/t18-,19-/m0/s1. The summed E-state index contributed by atoms with van der Waals surface area (Å²) in [7, 11) is 0. The van der Waals surface area contributed by atoms with Crippen LogP contribution in [0.5, 0.6) is 0 Å². The minimum absolute atomic E-state index is 0.0897. The highest BCUT2D eigenvalue weighted by Crippen LogP contribution is 2.26. The Kier molecular flexibility index (Phi) is 4.76. The van der Waals surface area contributed by atoms with E-state index in [1.165, 1.54) is 11.1 Å². The Labute approximate surface area is 148 Å². The second kappa shape index (κ2) is 7.33. The summed E-state index contributed by atoms with van der Waals surface area (Å²) in [5, 5.41) is 0. The number of likely N-dealkylation sites (tertiary alicyclic amines) is 1. The molecule has 0 unspecified atom stereocenters. The van der Waals surface area contributed by atoms with Gasteiger partial charge in [0, 0.05) is 38.6 Å². The van der Waals surface area contributed by atoms with Gasteiger partial charge in [-0.3, -0.25) is 14.7 Å². The Morgan fingerprint density at radius 1 is 1.04 bits per heavy atom. The first kappa shape index (κ1) is 16.2. The van der Waals surface area contributed by atoms with Crippen LogP contribution < -0.4 is 0 Å². The lowest BCUT2D eigenvalue weighted by Gasteiger charge is -2.30. The fourth-order valence-electron chi connectivity index (χ4n) is 3.79. The van der Waals surface area contributed by atoms with E-state index in [-0.39, 0.29) is 18.1 Å². The van der Waals surface area contributed by atoms with Gasteiger partial charge < -0.3 is 9.64 Å². The Morgan fingerprint density at radius 2 is 1.88 bits per heavy atom. The Bertz CT molecular complexity index is 707. The number of aromatic nitrogens is 1. The van der Waals surface area contributed by atoms with Gasteiger partial charge in [-0.15, -0.1) is 0 Å². The first-order valence-corrected chi connectivity index (χ1v) is 8.86. The number of fused-ring (bicyclic) bond motifs is 1. The zero-order chi connectivity index (χ0) is 17.1. The molecule has 0 bridgehead atoms. The zero-order valence-corrected chi connectivity index (χ0v) is 14.3. The molecule has 1 aromatic carbocycles. The lowest BCUT2D eigenvalue weighted by atomic mass is 10.1. The van der Waals surface area contributed by atoms with E-state index in [1.807, 2.05) is 35.4 Å². The van der Waals surface area contributed by atoms with Crippen LogP contribution in [-0.2, 0) is 22.6 Å². The number of rotatable bonds is 4. The Morgan fingerprint density at radius 3 is 2.68 bits per heavy atom. The number of ether oxygens (including phenoxy) is 1. The first-order chi connectivity index (χ1) is 12.3. The molecule has 25 heavy (non-hydrogen) atoms. The van der Waals surface area contributed by atoms with Gasteiger partial charge in [0.05, 0.1) is 25.2 Å². The molecule has 0 saturated carbocycles. The normalized spacial score (nSPS) is 24.2. The SMILES string of the molecule is O=C1CCO[C@H]2CN(Cc3cccnc3)C[C@@H]2N1Cc1ccccc1. The van der Waals surface area contributed by atoms with Gasteiger partial charge in [-0.2, -0.15) is 0 Å². The second-order valence-electron chi connectivity index (χ2n) is 6.79. The third kappa shape index (κ3) is 3.72. The Hall–Kier alpha value is -2.24. The van der Waals surface area contributed by atoms with Crippen LogP contribution >= 0.6 is 0 Å². The molecule has 130 valence electrons. The van der Waals surface area contributed by atoms with Gasteiger partial charge in [0.2, 0.25) is 5.91 Å². The molecule has 2 saturated heterocycles. The molecule has 0 radical (unpaired) electrons. The molecule has 2 aliphatic rings. The topological polar surface area (TPSA) is 45.7 Å². The van der Waals surface area contributed by atoms with Crippen LogP contribution in [0.4, 0.5) is 0 Å². The zero-order valence-electron chi connectivity index (χ0n) is 14.3. The van der Waals surface area contributed by atoms with Gasteiger partial charge in [0.15, 0.2) is 0 Å². The molecule has 5 nitrogen and oxygen atoms in total. The smallest absolute Gasteiger partial charge is 0.225 e. The summed E-state index contributed by atoms with van der Waals surface area (Å²) in [6.45, 7) is 3.73. The molecule has 2 aliphatic heterocycles. The number of pyridine rings is 1. The van der Waals surface area contributed by atoms with Crippen molar-refractivity contribution in [2.24, 2.45) is 0 Å². The average molecular weight is 337 g/mol. The monoisotopic (exact) mass is 337 g/mol. The molecule has 2 atom stereocenters. The van der Waals surface area contributed by atoms with E-state index in [0.717, 1.165) is 19.6 Å². The largest absolute Gasteiger partial charge is 0.374 e. The van der Waals surface area contributed by atoms with E-state index in [4.69, 9.17) is 4.74 Å². The van der Waals surface area contributed by atoms with Crippen LogP contribution in [0.3, 0.4) is 0 Å². The maximum absolute atomic E-state index is 12.6. The van der Waals surface area contributed by atoms with Crippen molar-refractivity contribution in [2.75, 3.05) is 19.7 Å². The van der Waals surface area contributed by atoms with Gasteiger partial charge in [-0.05, 0) is 17.2 Å². The highest BCUT2D eigenvalue weighted by molar-refractivity contribution is 5.77. The van der Waals surface area contributed by atoms with E-state index < -0.39 is 0 Å². The van der Waals surface area contributed by atoms with Crippen LogP contribution in [0.15, 0.2) is 54.9 Å². The van der Waals surface area contributed by atoms with Crippen LogP contribution in [0, 0.1) is 0 Å². The molecule has 2 fully saturated rings. The summed E-state index contributed by atoms with van der Waals surface area (Å²) in [5.74, 6) is 0.194. The van der Waals surface area contributed by atoms with Crippen molar-refractivity contribution >= 4 is 5.91 Å². The maximum atomic E-state index is 12.6. The van der Waals surface area contributed by atoms with Crippen molar-refractivity contribution in [3.05, 3.63) is 66.0 Å². The molecular weight excluding hydrogens is 314 g/mol. The molecule has 0 N–H and O–H groups in total. The van der Waals surface area contributed by atoms with E-state index in [9.17, 15) is 4.79 Å². The van der Waals surface area contributed by atoms with Gasteiger partial charge in [-0.25, -0.2) is 0 Å². The lowest BCUT2D eigenvalue weighted by molar-refractivity contribution is -0.133. The van der Waals surface area contributed by atoms with Crippen molar-refractivity contribution < 1.29 is 9.53 Å². The summed E-state index contributed by atoms with van der Waals surface area (Å²) >= 11 is 0. The highest BCUT2D eigenvalue weighted by atomic mass is 16.5. The van der Waals surface area contributed by atoms with E-state index in [0.29, 0.717) is 19.6 Å². The third-order valence-electron chi connectivity index (χ3n) is 5.01. The average Bonchev–Trinajstić information content (AvgIpc) is 2.97. The highest BCUT2D eigenvalue weighted by Gasteiger charge is 2.41. The summed E-state index contributed by atoms with van der Waals surface area (Å²) in [4.78, 5) is 21.2. The van der Waals surface area contributed by atoms with Crippen LogP contribution in [0.2, 0.25) is 0 Å². The van der Waals surface area contributed by atoms with E-state index >= 15 is 0 Å². The molecule has 0 spiro atoms. The molecule has 0 aliphatic carbocycles. The summed E-state index contributed by atoms with van der Waals surface area (Å²) in [6.07, 6.45) is 4.26. The van der Waals surface area contributed by atoms with Crippen LogP contribution in [-0.4, -0.2) is 52.5 Å². The minimum atomic E-state index is 0.0897. The van der Waals surface area contributed by atoms with Gasteiger partial charge in [-0.1, -0.05) is 36.4 Å². The predicted octanol–water partition coefficient (Wildman–Crippen LogP) is 2.08. The Balaban J connectivity index is 1.50. The molecule has 5 heteroatoms. The van der Waals surface area contributed by atoms with Crippen molar-refractivity contribution in [2.45, 2.75) is 31.7 Å². The number of nitrogens with zero attached hydrogens (tertiary/aromatic N) is 3. The maximum Gasteiger partial charge on any atom is 0.225 e. The summed E-state index contributed by atoms with van der Waals surface area (Å²) < 4.78 is 6.01. The van der Waals surface area contributed by atoms with Gasteiger partial charge in [0.25, 0.3) is 0 Å². The molecule has 4 rings (SSSR count). The minimum Gasteiger partial charge on any atom is -0.374 e. The van der Waals surface area contributed by atoms with Gasteiger partial charge in [0.1, 0.15) is 0 Å². The lowest BCUT2D eigenvalue weighted by Crippen LogP contribution is -2.45. The number of benzene rings is 1. The number of carbonyl (C=O) groups excluding carboxylic acids is 1. The molecule has 3 heterocycles. The number of hydrogen-bond donors (Lipinski definition) is 0. The fraction of sp³-hybridized carbons (Fsp3) is 0.400. The molecular formula is C20H23N3O2. The fourth-order valence-corrected chi connectivity index (χ4v) is 3.79. The number of amides is 1. The van der Waals surface area contributed by atoms with Gasteiger partial charge >= 0.3 is 0 Å². The quantitative estimate of drug-likeness (QED) is 0.857. The first-order valence-electron chi connectivity index (χ1n) is 8.86. The van der Waals surface area contributed by atoms with Crippen molar-refractivity contribution in [3.63, 3.8) is 0 Å². The van der Waals surface area contributed by atoms with E-state index in [1.54, 1.807) is 6.20 Å². The van der Waals surface area contributed by atoms with Crippen molar-refractivity contribution in [1.29, 1.82) is 0 Å². The van der Waals surface area contributed by atoms with Crippen molar-refractivity contribution in [1.82, 2.24) is 14.8 Å². The number of carbonyl (C=O) groups is 1. The van der Waals surface area contributed by atoms with Crippen molar-refractivity contribution in [3.8, 4) is 0 Å². The molecule has 2 aromatic rings. The summed E-state index contributed by atoms with van der Waals surface area (Å²) in [6, 6.07) is 14.4. The third-order valence-corrected chi connectivity index (χ3v) is 5.01. The summed E-state index contributed by atoms with van der Waals surface area (Å²) in [5.41, 5.74) is 2.36. The predicted molar refractivity (Wildman–Crippen MR) is 94.7 cm³/mol. The van der Waals surface area contributed by atoms with Crippen LogP contribution in [0.1, 0.15) is 17.5 Å². The number of hydrogen-bond acceptors (Lipinski definition) is 4. The van der Waals surface area contributed by atoms with Crippen LogP contribution in [0.25, 0.3) is 0 Å². The molecule has 1 aromatic heterocycles.